The molecule has 0 saturated carbocycles. The molecule has 5 aromatic rings. The first kappa shape index (κ1) is 21.7. The predicted octanol–water partition coefficient (Wildman–Crippen LogP) is 6.14. The molecule has 0 saturated heterocycles. The molecule has 0 fully saturated rings. The van der Waals surface area contributed by atoms with Crippen LogP contribution in [0.3, 0.4) is 0 Å². The summed E-state index contributed by atoms with van der Waals surface area (Å²) in [5.74, 6) is 1.58. The zero-order valence-electron chi connectivity index (χ0n) is 18.7. The number of nitrogens with zero attached hydrogens (tertiary/aromatic N) is 5. The lowest BCUT2D eigenvalue weighted by molar-refractivity contribution is 0.477. The Morgan fingerprint density at radius 2 is 1.35 bits per heavy atom. The second-order valence-corrected chi connectivity index (χ2v) is 8.85. The summed E-state index contributed by atoms with van der Waals surface area (Å²) in [6.07, 6.45) is 1.78. The van der Waals surface area contributed by atoms with Gasteiger partial charge in [-0.05, 0) is 62.4 Å². The quantitative estimate of drug-likeness (QED) is 0.335. The van der Waals surface area contributed by atoms with Gasteiger partial charge in [0, 0.05) is 33.6 Å². The Labute approximate surface area is 201 Å². The van der Waals surface area contributed by atoms with Gasteiger partial charge in [-0.15, -0.1) is 0 Å². The number of phenolic OH excluding ortho intramolecular Hbond substituents is 1. The second kappa shape index (κ2) is 9.41. The van der Waals surface area contributed by atoms with Crippen molar-refractivity contribution >= 4 is 11.8 Å². The van der Waals surface area contributed by atoms with Crippen LogP contribution in [-0.2, 0) is 0 Å². The molecule has 6 nitrogen and oxygen atoms in total. The highest BCUT2D eigenvalue weighted by molar-refractivity contribution is 7.99. The Morgan fingerprint density at radius 3 is 2.09 bits per heavy atom. The van der Waals surface area contributed by atoms with E-state index < -0.39 is 0 Å². The maximum Gasteiger partial charge on any atom is 0.167 e. The Morgan fingerprint density at radius 1 is 0.647 bits per heavy atom. The number of phenols is 1. The molecule has 0 bridgehead atoms. The van der Waals surface area contributed by atoms with E-state index in [-0.39, 0.29) is 5.75 Å². The van der Waals surface area contributed by atoms with Crippen LogP contribution in [0.5, 0.6) is 5.75 Å². The van der Waals surface area contributed by atoms with Crippen LogP contribution >= 0.6 is 11.8 Å². The minimum absolute atomic E-state index is 0.118. The molecule has 0 atom stereocenters. The molecule has 0 aliphatic carbocycles. The van der Waals surface area contributed by atoms with Crippen LogP contribution in [-0.4, -0.2) is 30.0 Å². The number of aromatic nitrogens is 5. The highest BCUT2D eigenvalue weighted by Gasteiger charge is 2.15. The standard InChI is InChI=1S/C27H21N5OS/c1-17-14-20(15-18(2)29-17)26-30-25(31-27(32-26)22-10-3-4-11-23(22)33)19-8-7-9-21(16-19)34-24-12-5-6-13-28-24/h3-16,33H,1-2H3. The van der Waals surface area contributed by atoms with Crippen molar-refractivity contribution in [2.24, 2.45) is 0 Å². The van der Waals surface area contributed by atoms with E-state index in [0.29, 0.717) is 23.0 Å². The van der Waals surface area contributed by atoms with Gasteiger partial charge in [0.05, 0.1) is 5.56 Å². The van der Waals surface area contributed by atoms with Gasteiger partial charge < -0.3 is 5.11 Å². The molecule has 0 spiro atoms. The first-order valence-electron chi connectivity index (χ1n) is 10.7. The number of para-hydroxylation sites is 1. The predicted molar refractivity (Wildman–Crippen MR) is 133 cm³/mol. The van der Waals surface area contributed by atoms with Gasteiger partial charge in [0.2, 0.25) is 0 Å². The lowest BCUT2D eigenvalue weighted by Gasteiger charge is -2.10. The summed E-state index contributed by atoms with van der Waals surface area (Å²) in [5, 5.41) is 11.4. The topological polar surface area (TPSA) is 84.7 Å². The van der Waals surface area contributed by atoms with Crippen molar-refractivity contribution in [1.29, 1.82) is 0 Å². The molecule has 1 N–H and O–H groups in total. The molecule has 5 rings (SSSR count). The SMILES string of the molecule is Cc1cc(-c2nc(-c3cccc(Sc4ccccn4)c3)nc(-c3ccccc3O)n2)cc(C)n1. The Kier molecular flexibility index (Phi) is 6.01. The van der Waals surface area contributed by atoms with E-state index in [0.717, 1.165) is 32.4 Å². The summed E-state index contributed by atoms with van der Waals surface area (Å²) in [5.41, 5.74) is 4.02. The minimum Gasteiger partial charge on any atom is -0.507 e. The van der Waals surface area contributed by atoms with Gasteiger partial charge in [-0.1, -0.05) is 42.1 Å². The van der Waals surface area contributed by atoms with Crippen molar-refractivity contribution in [2.75, 3.05) is 0 Å². The summed E-state index contributed by atoms with van der Waals surface area (Å²) >= 11 is 1.57. The van der Waals surface area contributed by atoms with E-state index in [1.807, 2.05) is 74.5 Å². The number of hydrogen-bond donors (Lipinski definition) is 1. The average Bonchev–Trinajstić information content (AvgIpc) is 2.84. The Bertz CT molecular complexity index is 1450. The number of aryl methyl sites for hydroxylation is 2. The third-order valence-corrected chi connectivity index (χ3v) is 6.01. The molecule has 7 heteroatoms. The Hall–Kier alpha value is -4.10. The van der Waals surface area contributed by atoms with Crippen molar-refractivity contribution in [3.8, 4) is 39.9 Å². The molecule has 34 heavy (non-hydrogen) atoms. The normalized spacial score (nSPS) is 10.9. The monoisotopic (exact) mass is 463 g/mol. The summed E-state index contributed by atoms with van der Waals surface area (Å²) in [7, 11) is 0. The zero-order valence-corrected chi connectivity index (χ0v) is 19.5. The van der Waals surface area contributed by atoms with E-state index in [1.54, 1.807) is 36.2 Å². The Balaban J connectivity index is 1.64. The smallest absolute Gasteiger partial charge is 0.167 e. The fourth-order valence-electron chi connectivity index (χ4n) is 3.61. The van der Waals surface area contributed by atoms with Gasteiger partial charge in [-0.25, -0.2) is 19.9 Å². The largest absolute Gasteiger partial charge is 0.507 e. The van der Waals surface area contributed by atoms with Crippen LogP contribution in [0.4, 0.5) is 0 Å². The van der Waals surface area contributed by atoms with Crippen LogP contribution < -0.4 is 0 Å². The number of benzene rings is 2. The van der Waals surface area contributed by atoms with Crippen LogP contribution in [0.1, 0.15) is 11.4 Å². The highest BCUT2D eigenvalue weighted by Crippen LogP contribution is 2.32. The molecule has 166 valence electrons. The van der Waals surface area contributed by atoms with Crippen LogP contribution in [0.2, 0.25) is 0 Å². The van der Waals surface area contributed by atoms with Gasteiger partial charge in [0.15, 0.2) is 17.5 Å². The first-order valence-corrected chi connectivity index (χ1v) is 11.6. The number of pyridine rings is 2. The maximum atomic E-state index is 10.5. The fourth-order valence-corrected chi connectivity index (χ4v) is 4.44. The highest BCUT2D eigenvalue weighted by atomic mass is 32.2. The summed E-state index contributed by atoms with van der Waals surface area (Å²) < 4.78 is 0. The van der Waals surface area contributed by atoms with Crippen molar-refractivity contribution in [2.45, 2.75) is 23.8 Å². The molecule has 2 aromatic carbocycles. The number of hydrogen-bond acceptors (Lipinski definition) is 7. The average molecular weight is 464 g/mol. The van der Waals surface area contributed by atoms with Crippen LogP contribution in [0, 0.1) is 13.8 Å². The van der Waals surface area contributed by atoms with E-state index in [2.05, 4.69) is 9.97 Å². The van der Waals surface area contributed by atoms with Crippen molar-refractivity contribution < 1.29 is 5.11 Å². The van der Waals surface area contributed by atoms with Crippen LogP contribution in [0.15, 0.2) is 95.0 Å². The minimum atomic E-state index is 0.118. The van der Waals surface area contributed by atoms with Crippen LogP contribution in [0.25, 0.3) is 34.2 Å². The number of rotatable bonds is 5. The van der Waals surface area contributed by atoms with Crippen molar-refractivity contribution in [3.05, 3.63) is 96.4 Å². The van der Waals surface area contributed by atoms with Gasteiger partial charge in [0.1, 0.15) is 10.8 Å². The number of aromatic hydroxyl groups is 1. The molecular weight excluding hydrogens is 442 g/mol. The maximum absolute atomic E-state index is 10.5. The second-order valence-electron chi connectivity index (χ2n) is 7.76. The fraction of sp³-hybridized carbons (Fsp3) is 0.0741. The van der Waals surface area contributed by atoms with E-state index >= 15 is 0 Å². The van der Waals surface area contributed by atoms with E-state index in [4.69, 9.17) is 15.0 Å². The van der Waals surface area contributed by atoms with E-state index in [1.165, 1.54) is 0 Å². The summed E-state index contributed by atoms with van der Waals surface area (Å²) in [6, 6.07) is 24.8. The van der Waals surface area contributed by atoms with Gasteiger partial charge >= 0.3 is 0 Å². The molecule has 3 aromatic heterocycles. The molecule has 0 radical (unpaired) electrons. The van der Waals surface area contributed by atoms with Gasteiger partial charge in [-0.2, -0.15) is 0 Å². The summed E-state index contributed by atoms with van der Waals surface area (Å²) in [6.45, 7) is 3.89. The third-order valence-electron chi connectivity index (χ3n) is 5.07. The molecule has 3 heterocycles. The lowest BCUT2D eigenvalue weighted by Crippen LogP contribution is -2.01. The van der Waals surface area contributed by atoms with Gasteiger partial charge in [-0.3, -0.25) is 4.98 Å². The lowest BCUT2D eigenvalue weighted by atomic mass is 10.1. The molecule has 0 aliphatic heterocycles. The molecule has 0 amide bonds. The molecule has 0 unspecified atom stereocenters. The molecule has 0 aliphatic rings. The van der Waals surface area contributed by atoms with Crippen molar-refractivity contribution in [3.63, 3.8) is 0 Å². The van der Waals surface area contributed by atoms with Gasteiger partial charge in [0.25, 0.3) is 0 Å². The molecular formula is C27H21N5OS. The first-order chi connectivity index (χ1) is 16.5. The van der Waals surface area contributed by atoms with E-state index in [9.17, 15) is 5.11 Å². The van der Waals surface area contributed by atoms with Crippen molar-refractivity contribution in [1.82, 2.24) is 24.9 Å². The summed E-state index contributed by atoms with van der Waals surface area (Å²) in [4.78, 5) is 24.1. The zero-order chi connectivity index (χ0) is 23.5. The third kappa shape index (κ3) is 4.79.